The molecule has 18 heavy (non-hydrogen) atoms. The van der Waals surface area contributed by atoms with Gasteiger partial charge in [-0.2, -0.15) is 0 Å². The number of rotatable bonds is 2. The molecule has 1 heterocycles. The third-order valence-electron chi connectivity index (χ3n) is 3.75. The van der Waals surface area contributed by atoms with Gasteiger partial charge in [0.15, 0.2) is 0 Å². The Bertz CT molecular complexity index is 440. The van der Waals surface area contributed by atoms with Crippen LogP contribution in [0.2, 0.25) is 0 Å². The second kappa shape index (κ2) is 4.18. The summed E-state index contributed by atoms with van der Waals surface area (Å²) in [6.45, 7) is 7.89. The monoisotopic (exact) mass is 250 g/mol. The number of methoxy groups -OCH3 is 1. The Morgan fingerprint density at radius 1 is 1.11 bits per heavy atom. The molecule has 1 fully saturated rings. The van der Waals surface area contributed by atoms with Crippen LogP contribution in [0.5, 0.6) is 11.5 Å². The number of ether oxygens (including phenoxy) is 1. The van der Waals surface area contributed by atoms with Gasteiger partial charge < -0.3 is 19.2 Å². The molecule has 1 aromatic carbocycles. The summed E-state index contributed by atoms with van der Waals surface area (Å²) in [5.41, 5.74) is -0.339. The summed E-state index contributed by atoms with van der Waals surface area (Å²) in [4.78, 5) is 0. The molecule has 1 aliphatic heterocycles. The Morgan fingerprint density at radius 2 is 1.67 bits per heavy atom. The van der Waals surface area contributed by atoms with Crippen molar-refractivity contribution in [3.05, 3.63) is 18.2 Å². The van der Waals surface area contributed by atoms with Gasteiger partial charge in [-0.25, -0.2) is 0 Å². The first-order chi connectivity index (χ1) is 8.28. The highest BCUT2D eigenvalue weighted by molar-refractivity contribution is 6.64. The van der Waals surface area contributed by atoms with E-state index in [1.165, 1.54) is 0 Å². The van der Waals surface area contributed by atoms with Gasteiger partial charge in [0, 0.05) is 0 Å². The molecule has 98 valence electrons. The van der Waals surface area contributed by atoms with E-state index in [2.05, 4.69) is 0 Å². The standard InChI is InChI=1S/C13H19BO4/c1-12(2)13(3,4)18-14(17-12)11-9(15)7-6-8-10(11)16-5/h6-8,15H,1-5H3. The number of benzene rings is 1. The normalized spacial score (nSPS) is 21.1. The quantitative estimate of drug-likeness (QED) is 0.811. The molecule has 0 aromatic heterocycles. The van der Waals surface area contributed by atoms with E-state index >= 15 is 0 Å². The zero-order chi connectivity index (χ0) is 13.6. The Morgan fingerprint density at radius 3 is 2.17 bits per heavy atom. The SMILES string of the molecule is COc1cccc(O)c1B1OC(C)(C)C(C)(C)O1. The minimum atomic E-state index is -0.619. The van der Waals surface area contributed by atoms with Gasteiger partial charge in [-0.1, -0.05) is 6.07 Å². The van der Waals surface area contributed by atoms with Crippen molar-refractivity contribution in [2.45, 2.75) is 38.9 Å². The Labute approximate surface area is 108 Å². The van der Waals surface area contributed by atoms with Crippen LogP contribution in [0.4, 0.5) is 0 Å². The molecule has 2 rings (SSSR count). The van der Waals surface area contributed by atoms with Crippen molar-refractivity contribution in [2.24, 2.45) is 0 Å². The first-order valence-corrected chi connectivity index (χ1v) is 6.00. The molecule has 0 saturated carbocycles. The molecular weight excluding hydrogens is 231 g/mol. The van der Waals surface area contributed by atoms with E-state index in [9.17, 15) is 5.11 Å². The van der Waals surface area contributed by atoms with Gasteiger partial charge in [0.1, 0.15) is 11.5 Å². The van der Waals surface area contributed by atoms with Crippen LogP contribution < -0.4 is 10.2 Å². The van der Waals surface area contributed by atoms with Crippen LogP contribution in [0.15, 0.2) is 18.2 Å². The van der Waals surface area contributed by atoms with Crippen molar-refractivity contribution in [3.8, 4) is 11.5 Å². The van der Waals surface area contributed by atoms with Crippen LogP contribution in [0, 0.1) is 0 Å². The van der Waals surface area contributed by atoms with E-state index in [4.69, 9.17) is 14.0 Å². The van der Waals surface area contributed by atoms with Crippen LogP contribution in [0.25, 0.3) is 0 Å². The lowest BCUT2D eigenvalue weighted by atomic mass is 9.77. The smallest absolute Gasteiger partial charge is 0.502 e. The summed E-state index contributed by atoms with van der Waals surface area (Å²) in [5.74, 6) is 0.682. The molecule has 1 aliphatic rings. The Kier molecular flexibility index (Phi) is 3.07. The van der Waals surface area contributed by atoms with Crippen molar-refractivity contribution in [3.63, 3.8) is 0 Å². The van der Waals surface area contributed by atoms with Gasteiger partial charge in [-0.3, -0.25) is 0 Å². The summed E-state index contributed by atoms with van der Waals surface area (Å²) in [6, 6.07) is 5.10. The first-order valence-electron chi connectivity index (χ1n) is 6.00. The molecule has 5 heteroatoms. The van der Waals surface area contributed by atoms with Crippen molar-refractivity contribution in [2.75, 3.05) is 7.11 Å². The van der Waals surface area contributed by atoms with E-state index in [1.807, 2.05) is 27.7 Å². The summed E-state index contributed by atoms with van der Waals surface area (Å²) in [7, 11) is 0.940. The van der Waals surface area contributed by atoms with Crippen LogP contribution in [-0.2, 0) is 9.31 Å². The fraction of sp³-hybridized carbons (Fsp3) is 0.538. The fourth-order valence-electron chi connectivity index (χ4n) is 1.91. The maximum atomic E-state index is 9.98. The summed E-state index contributed by atoms with van der Waals surface area (Å²) in [6.07, 6.45) is 0. The maximum Gasteiger partial charge on any atom is 0.502 e. The molecule has 1 N–H and O–H groups in total. The molecule has 0 atom stereocenters. The number of phenolic OH excluding ortho intramolecular Hbond substituents is 1. The van der Waals surface area contributed by atoms with Gasteiger partial charge in [-0.15, -0.1) is 0 Å². The second-order valence-electron chi connectivity index (χ2n) is 5.48. The predicted molar refractivity (Wildman–Crippen MR) is 70.4 cm³/mol. The van der Waals surface area contributed by atoms with Crippen molar-refractivity contribution < 1.29 is 19.2 Å². The largest absolute Gasteiger partial charge is 0.508 e. The number of hydrogen-bond donors (Lipinski definition) is 1. The Hall–Kier alpha value is -1.20. The minimum Gasteiger partial charge on any atom is -0.508 e. The molecule has 0 amide bonds. The third kappa shape index (κ3) is 1.97. The van der Waals surface area contributed by atoms with Crippen LogP contribution in [0.3, 0.4) is 0 Å². The highest BCUT2D eigenvalue weighted by Crippen LogP contribution is 2.38. The summed E-state index contributed by atoms with van der Waals surface area (Å²) >= 11 is 0. The number of aromatic hydroxyl groups is 1. The average Bonchev–Trinajstić information content (AvgIpc) is 2.47. The van der Waals surface area contributed by atoms with E-state index < -0.39 is 18.3 Å². The minimum absolute atomic E-state index is 0.118. The van der Waals surface area contributed by atoms with Crippen LogP contribution in [0.1, 0.15) is 27.7 Å². The van der Waals surface area contributed by atoms with Crippen molar-refractivity contribution >= 4 is 12.6 Å². The van der Waals surface area contributed by atoms with Gasteiger partial charge in [0.25, 0.3) is 0 Å². The van der Waals surface area contributed by atoms with Gasteiger partial charge in [0.2, 0.25) is 0 Å². The molecule has 0 radical (unpaired) electrons. The predicted octanol–water partition coefficient (Wildman–Crippen LogP) is 1.70. The lowest BCUT2D eigenvalue weighted by Crippen LogP contribution is -2.41. The van der Waals surface area contributed by atoms with Crippen LogP contribution >= 0.6 is 0 Å². The molecule has 0 bridgehead atoms. The highest BCUT2D eigenvalue weighted by Gasteiger charge is 2.53. The topological polar surface area (TPSA) is 47.9 Å². The summed E-state index contributed by atoms with van der Waals surface area (Å²) < 4.78 is 17.1. The molecule has 1 saturated heterocycles. The van der Waals surface area contributed by atoms with Gasteiger partial charge in [0.05, 0.1) is 23.8 Å². The molecular formula is C13H19BO4. The first kappa shape index (κ1) is 13.2. The fourth-order valence-corrected chi connectivity index (χ4v) is 1.91. The van der Waals surface area contributed by atoms with E-state index in [0.29, 0.717) is 11.2 Å². The zero-order valence-corrected chi connectivity index (χ0v) is 11.5. The molecule has 1 aromatic rings. The van der Waals surface area contributed by atoms with Crippen molar-refractivity contribution in [1.29, 1.82) is 0 Å². The molecule has 0 aliphatic carbocycles. The van der Waals surface area contributed by atoms with Gasteiger partial charge >= 0.3 is 7.12 Å². The Balaban J connectivity index is 2.41. The number of phenols is 1. The van der Waals surface area contributed by atoms with Gasteiger partial charge in [-0.05, 0) is 39.8 Å². The average molecular weight is 250 g/mol. The molecule has 0 unspecified atom stereocenters. The lowest BCUT2D eigenvalue weighted by molar-refractivity contribution is 0.00578. The van der Waals surface area contributed by atoms with E-state index in [1.54, 1.807) is 25.3 Å². The van der Waals surface area contributed by atoms with Crippen molar-refractivity contribution in [1.82, 2.24) is 0 Å². The molecule has 0 spiro atoms. The highest BCUT2D eigenvalue weighted by atomic mass is 16.7. The maximum absolute atomic E-state index is 9.98. The molecule has 4 nitrogen and oxygen atoms in total. The third-order valence-corrected chi connectivity index (χ3v) is 3.75. The van der Waals surface area contributed by atoms with Crippen LogP contribution in [-0.4, -0.2) is 30.5 Å². The second-order valence-corrected chi connectivity index (χ2v) is 5.48. The lowest BCUT2D eigenvalue weighted by Gasteiger charge is -2.32. The van der Waals surface area contributed by atoms with E-state index in [0.717, 1.165) is 0 Å². The zero-order valence-electron chi connectivity index (χ0n) is 11.5. The van der Waals surface area contributed by atoms with E-state index in [-0.39, 0.29) is 5.75 Å². The number of hydrogen-bond acceptors (Lipinski definition) is 4. The summed E-state index contributed by atoms with van der Waals surface area (Å²) in [5, 5.41) is 9.98.